The van der Waals surface area contributed by atoms with Crippen molar-refractivity contribution in [2.45, 2.75) is 44.6 Å². The minimum absolute atomic E-state index is 0.127. The van der Waals surface area contributed by atoms with Gasteiger partial charge in [-0.3, -0.25) is 0 Å². The molecule has 1 aromatic carbocycles. The van der Waals surface area contributed by atoms with Crippen LogP contribution in [0.3, 0.4) is 0 Å². The van der Waals surface area contributed by atoms with E-state index >= 15 is 0 Å². The Kier molecular flexibility index (Phi) is 3.67. The van der Waals surface area contributed by atoms with Gasteiger partial charge < -0.3 is 5.73 Å². The molecule has 1 aliphatic rings. The summed E-state index contributed by atoms with van der Waals surface area (Å²) in [5.74, 6) is 0.613. The standard InChI is InChI=1S/C16H20N2S/c1-11-18-10-16(19-11)15(17)9-13-7-4-6-12-5-2-3-8-14(12)13/h2-3,5,8,10,13,15H,4,6-7,9,17H2,1H3. The number of aryl methyl sites for hydroxylation is 2. The van der Waals surface area contributed by atoms with Gasteiger partial charge in [-0.25, -0.2) is 4.98 Å². The molecule has 0 spiro atoms. The molecule has 2 aromatic rings. The summed E-state index contributed by atoms with van der Waals surface area (Å²) in [4.78, 5) is 5.54. The van der Waals surface area contributed by atoms with Crippen molar-refractivity contribution >= 4 is 11.3 Å². The molecule has 2 unspecified atom stereocenters. The maximum atomic E-state index is 6.37. The minimum Gasteiger partial charge on any atom is -0.323 e. The predicted octanol–water partition coefficient (Wildman–Crippen LogP) is 3.96. The first-order valence-corrected chi connectivity index (χ1v) is 7.81. The van der Waals surface area contributed by atoms with Crippen LogP contribution >= 0.6 is 11.3 Å². The Balaban J connectivity index is 1.77. The highest BCUT2D eigenvalue weighted by Crippen LogP contribution is 2.37. The molecular formula is C16H20N2S. The van der Waals surface area contributed by atoms with Gasteiger partial charge in [-0.2, -0.15) is 0 Å². The number of hydrogen-bond acceptors (Lipinski definition) is 3. The molecule has 0 saturated heterocycles. The third-order valence-electron chi connectivity index (χ3n) is 4.04. The smallest absolute Gasteiger partial charge is 0.0897 e. The van der Waals surface area contributed by atoms with E-state index in [0.29, 0.717) is 5.92 Å². The van der Waals surface area contributed by atoms with Crippen LogP contribution in [-0.4, -0.2) is 4.98 Å². The topological polar surface area (TPSA) is 38.9 Å². The predicted molar refractivity (Wildman–Crippen MR) is 80.5 cm³/mol. The number of aromatic nitrogens is 1. The molecule has 0 aliphatic heterocycles. The SMILES string of the molecule is Cc1ncc(C(N)CC2CCCc3ccccc32)s1. The summed E-state index contributed by atoms with van der Waals surface area (Å²) in [5.41, 5.74) is 9.41. The first-order chi connectivity index (χ1) is 9.24. The molecule has 100 valence electrons. The van der Waals surface area contributed by atoms with E-state index < -0.39 is 0 Å². The van der Waals surface area contributed by atoms with Crippen LogP contribution in [0.5, 0.6) is 0 Å². The Morgan fingerprint density at radius 2 is 2.26 bits per heavy atom. The first-order valence-electron chi connectivity index (χ1n) is 7.00. The number of benzene rings is 1. The summed E-state index contributed by atoms with van der Waals surface area (Å²) in [6.45, 7) is 2.04. The lowest BCUT2D eigenvalue weighted by Gasteiger charge is -2.27. The quantitative estimate of drug-likeness (QED) is 0.918. The Morgan fingerprint density at radius 3 is 3.05 bits per heavy atom. The fourth-order valence-electron chi connectivity index (χ4n) is 3.07. The third-order valence-corrected chi connectivity index (χ3v) is 5.08. The lowest BCUT2D eigenvalue weighted by atomic mass is 9.79. The highest BCUT2D eigenvalue weighted by Gasteiger charge is 2.23. The lowest BCUT2D eigenvalue weighted by Crippen LogP contribution is -2.17. The first kappa shape index (κ1) is 12.8. The van der Waals surface area contributed by atoms with Crippen LogP contribution in [0.1, 0.15) is 52.2 Å². The van der Waals surface area contributed by atoms with Crippen molar-refractivity contribution in [2.75, 3.05) is 0 Å². The number of thiazole rings is 1. The van der Waals surface area contributed by atoms with Gasteiger partial charge in [-0.1, -0.05) is 24.3 Å². The second-order valence-electron chi connectivity index (χ2n) is 5.41. The van der Waals surface area contributed by atoms with Gasteiger partial charge >= 0.3 is 0 Å². The molecule has 1 heterocycles. The van der Waals surface area contributed by atoms with E-state index in [-0.39, 0.29) is 6.04 Å². The number of rotatable bonds is 3. The van der Waals surface area contributed by atoms with Crippen LogP contribution in [0.4, 0.5) is 0 Å². The fraction of sp³-hybridized carbons (Fsp3) is 0.438. The van der Waals surface area contributed by atoms with Gasteiger partial charge in [0.25, 0.3) is 0 Å². The Morgan fingerprint density at radius 1 is 1.42 bits per heavy atom. The zero-order chi connectivity index (χ0) is 13.2. The maximum Gasteiger partial charge on any atom is 0.0897 e. The van der Waals surface area contributed by atoms with Crippen LogP contribution in [0.15, 0.2) is 30.5 Å². The molecule has 2 nitrogen and oxygen atoms in total. The van der Waals surface area contributed by atoms with Gasteiger partial charge in [0.2, 0.25) is 0 Å². The number of nitrogens with two attached hydrogens (primary N) is 1. The largest absolute Gasteiger partial charge is 0.323 e. The van der Waals surface area contributed by atoms with E-state index in [2.05, 4.69) is 29.2 Å². The van der Waals surface area contributed by atoms with Crippen molar-refractivity contribution in [3.05, 3.63) is 51.5 Å². The molecule has 0 bridgehead atoms. The van der Waals surface area contributed by atoms with E-state index in [1.54, 1.807) is 11.3 Å². The second kappa shape index (κ2) is 5.43. The van der Waals surface area contributed by atoms with Crippen molar-refractivity contribution in [1.82, 2.24) is 4.98 Å². The van der Waals surface area contributed by atoms with Gasteiger partial charge in [0.1, 0.15) is 0 Å². The molecule has 0 fully saturated rings. The summed E-state index contributed by atoms with van der Waals surface area (Å²) in [6.07, 6.45) is 6.76. The molecule has 0 amide bonds. The Bertz CT molecular complexity index is 561. The molecule has 3 heteroatoms. The van der Waals surface area contributed by atoms with Crippen molar-refractivity contribution in [3.8, 4) is 0 Å². The zero-order valence-electron chi connectivity index (χ0n) is 11.3. The van der Waals surface area contributed by atoms with Crippen LogP contribution in [0, 0.1) is 6.92 Å². The normalized spacial score (nSPS) is 20.0. The lowest BCUT2D eigenvalue weighted by molar-refractivity contribution is 0.479. The van der Waals surface area contributed by atoms with Crippen molar-refractivity contribution in [1.29, 1.82) is 0 Å². The summed E-state index contributed by atoms with van der Waals surface area (Å²) in [6, 6.07) is 8.98. The number of hydrogen-bond donors (Lipinski definition) is 1. The van der Waals surface area contributed by atoms with Crippen molar-refractivity contribution < 1.29 is 0 Å². The highest BCUT2D eigenvalue weighted by atomic mass is 32.1. The summed E-state index contributed by atoms with van der Waals surface area (Å²) in [5, 5.41) is 1.11. The molecule has 0 radical (unpaired) electrons. The Labute approximate surface area is 118 Å². The summed E-state index contributed by atoms with van der Waals surface area (Å²) < 4.78 is 0. The van der Waals surface area contributed by atoms with E-state index in [0.717, 1.165) is 11.4 Å². The zero-order valence-corrected chi connectivity index (χ0v) is 12.1. The van der Waals surface area contributed by atoms with E-state index in [9.17, 15) is 0 Å². The molecule has 1 aliphatic carbocycles. The third kappa shape index (κ3) is 2.72. The number of fused-ring (bicyclic) bond motifs is 1. The number of nitrogens with zero attached hydrogens (tertiary/aromatic N) is 1. The van der Waals surface area contributed by atoms with Crippen molar-refractivity contribution in [2.24, 2.45) is 5.73 Å². The van der Waals surface area contributed by atoms with Gasteiger partial charge in [0.05, 0.1) is 5.01 Å². The molecule has 3 rings (SSSR count). The van der Waals surface area contributed by atoms with Gasteiger partial charge in [-0.05, 0) is 49.7 Å². The van der Waals surface area contributed by atoms with E-state index in [4.69, 9.17) is 5.73 Å². The highest BCUT2D eigenvalue weighted by molar-refractivity contribution is 7.11. The summed E-state index contributed by atoms with van der Waals surface area (Å²) >= 11 is 1.73. The molecule has 2 N–H and O–H groups in total. The summed E-state index contributed by atoms with van der Waals surface area (Å²) in [7, 11) is 0. The minimum atomic E-state index is 0.127. The molecular weight excluding hydrogens is 252 g/mol. The van der Waals surface area contributed by atoms with E-state index in [1.165, 1.54) is 35.3 Å². The fourth-order valence-corrected chi connectivity index (χ4v) is 3.87. The molecule has 1 aromatic heterocycles. The van der Waals surface area contributed by atoms with Gasteiger partial charge in [0, 0.05) is 17.1 Å². The van der Waals surface area contributed by atoms with E-state index in [1.807, 2.05) is 13.1 Å². The molecule has 2 atom stereocenters. The maximum absolute atomic E-state index is 6.37. The van der Waals surface area contributed by atoms with Crippen LogP contribution in [-0.2, 0) is 6.42 Å². The molecule has 19 heavy (non-hydrogen) atoms. The van der Waals surface area contributed by atoms with Gasteiger partial charge in [-0.15, -0.1) is 11.3 Å². The van der Waals surface area contributed by atoms with Crippen molar-refractivity contribution in [3.63, 3.8) is 0 Å². The average molecular weight is 272 g/mol. The van der Waals surface area contributed by atoms with Crippen LogP contribution < -0.4 is 5.73 Å². The van der Waals surface area contributed by atoms with Crippen LogP contribution in [0.2, 0.25) is 0 Å². The van der Waals surface area contributed by atoms with Gasteiger partial charge in [0.15, 0.2) is 0 Å². The second-order valence-corrected chi connectivity index (χ2v) is 6.68. The average Bonchev–Trinajstić information content (AvgIpc) is 2.86. The monoisotopic (exact) mass is 272 g/mol. The Hall–Kier alpha value is -1.19. The van der Waals surface area contributed by atoms with Crippen LogP contribution in [0.25, 0.3) is 0 Å². The molecule has 0 saturated carbocycles.